The van der Waals surface area contributed by atoms with Crippen LogP contribution in [0.1, 0.15) is 12.0 Å². The van der Waals surface area contributed by atoms with Gasteiger partial charge in [-0.25, -0.2) is 17.5 Å². The predicted molar refractivity (Wildman–Crippen MR) is 97.6 cm³/mol. The van der Waals surface area contributed by atoms with Crippen molar-refractivity contribution in [2.45, 2.75) is 18.2 Å². The fourth-order valence-corrected chi connectivity index (χ4v) is 3.44. The van der Waals surface area contributed by atoms with Crippen LogP contribution in [0.25, 0.3) is 0 Å². The summed E-state index contributed by atoms with van der Waals surface area (Å²) >= 11 is 6.01. The molecule has 0 heterocycles. The molecule has 0 fully saturated rings. The van der Waals surface area contributed by atoms with Gasteiger partial charge >= 0.3 is 0 Å². The Hall–Kier alpha value is -2.16. The topological polar surface area (TPSA) is 84.5 Å². The number of rotatable bonds is 7. The third-order valence-corrected chi connectivity index (χ3v) is 5.43. The van der Waals surface area contributed by atoms with Crippen molar-refractivity contribution in [1.82, 2.24) is 4.72 Å². The summed E-state index contributed by atoms with van der Waals surface area (Å²) in [5.74, 6) is -0.895. The number of aryl methyl sites for hydroxylation is 1. The van der Waals surface area contributed by atoms with Crippen molar-refractivity contribution in [1.29, 1.82) is 0 Å². The number of methoxy groups -OCH3 is 1. The first-order chi connectivity index (χ1) is 12.2. The molecule has 140 valence electrons. The van der Waals surface area contributed by atoms with Gasteiger partial charge in [0.1, 0.15) is 16.5 Å². The maximum atomic E-state index is 13.6. The minimum Gasteiger partial charge on any atom is -0.495 e. The number of carbonyl (C=O) groups is 1. The van der Waals surface area contributed by atoms with Gasteiger partial charge in [-0.05, 0) is 30.7 Å². The molecule has 2 N–H and O–H groups in total. The van der Waals surface area contributed by atoms with Crippen LogP contribution in [0, 0.1) is 12.7 Å². The Morgan fingerprint density at radius 3 is 2.62 bits per heavy atom. The summed E-state index contributed by atoms with van der Waals surface area (Å²) in [6.07, 6.45) is -0.140. The van der Waals surface area contributed by atoms with E-state index < -0.39 is 26.6 Å². The minimum absolute atomic E-state index is 0.140. The maximum Gasteiger partial charge on any atom is 0.243 e. The van der Waals surface area contributed by atoms with E-state index in [0.29, 0.717) is 16.5 Å². The standard InChI is InChI=1S/C17H18ClFN2O4S/c1-11-9-14(15(25-2)10-12(11)18)21-17(22)7-8-20-26(23,24)16-6-4-3-5-13(16)19/h3-6,9-10,20H,7-8H2,1-2H3,(H,21,22). The summed E-state index contributed by atoms with van der Waals surface area (Å²) in [5, 5.41) is 3.13. The molecule has 0 bridgehead atoms. The first-order valence-electron chi connectivity index (χ1n) is 7.63. The van der Waals surface area contributed by atoms with Gasteiger partial charge in [-0.2, -0.15) is 0 Å². The smallest absolute Gasteiger partial charge is 0.243 e. The molecular weight excluding hydrogens is 383 g/mol. The number of benzene rings is 2. The molecule has 26 heavy (non-hydrogen) atoms. The van der Waals surface area contributed by atoms with E-state index in [1.807, 2.05) is 0 Å². The Balaban J connectivity index is 1.98. The Labute approximate surface area is 156 Å². The van der Waals surface area contributed by atoms with E-state index in [9.17, 15) is 17.6 Å². The lowest BCUT2D eigenvalue weighted by Crippen LogP contribution is -2.28. The minimum atomic E-state index is -4.03. The van der Waals surface area contributed by atoms with Gasteiger partial charge in [0, 0.05) is 24.1 Å². The van der Waals surface area contributed by atoms with E-state index in [-0.39, 0.29) is 13.0 Å². The van der Waals surface area contributed by atoms with Crippen LogP contribution in [0.15, 0.2) is 41.3 Å². The molecule has 2 aromatic carbocycles. The molecule has 0 aliphatic rings. The van der Waals surface area contributed by atoms with Gasteiger partial charge in [0.2, 0.25) is 15.9 Å². The normalized spacial score (nSPS) is 11.2. The lowest BCUT2D eigenvalue weighted by Gasteiger charge is -2.12. The number of sulfonamides is 1. The third-order valence-electron chi connectivity index (χ3n) is 3.53. The molecule has 1 amide bonds. The zero-order chi connectivity index (χ0) is 19.3. The summed E-state index contributed by atoms with van der Waals surface area (Å²) in [7, 11) is -2.59. The molecule has 0 radical (unpaired) electrons. The summed E-state index contributed by atoms with van der Waals surface area (Å²) in [6.45, 7) is 1.59. The van der Waals surface area contributed by atoms with E-state index in [2.05, 4.69) is 10.0 Å². The zero-order valence-electron chi connectivity index (χ0n) is 14.2. The molecule has 0 saturated carbocycles. The number of anilines is 1. The molecule has 0 atom stereocenters. The van der Waals surface area contributed by atoms with Crippen molar-refractivity contribution >= 4 is 33.2 Å². The summed E-state index contributed by atoms with van der Waals surface area (Å²) in [4.78, 5) is 11.6. The first-order valence-corrected chi connectivity index (χ1v) is 9.49. The Bertz CT molecular complexity index is 919. The van der Waals surface area contributed by atoms with Crippen LogP contribution in [0.2, 0.25) is 5.02 Å². The van der Waals surface area contributed by atoms with Crippen LogP contribution >= 0.6 is 11.6 Å². The van der Waals surface area contributed by atoms with Crippen LogP contribution in [0.5, 0.6) is 5.75 Å². The van der Waals surface area contributed by atoms with Gasteiger partial charge in [0.15, 0.2) is 0 Å². The molecule has 9 heteroatoms. The van der Waals surface area contributed by atoms with Gasteiger partial charge in [0.25, 0.3) is 0 Å². The molecule has 0 unspecified atom stereocenters. The van der Waals surface area contributed by atoms with Gasteiger partial charge in [0.05, 0.1) is 12.8 Å². The van der Waals surface area contributed by atoms with Gasteiger partial charge in [-0.1, -0.05) is 23.7 Å². The first kappa shape index (κ1) is 20.2. The summed E-state index contributed by atoms with van der Waals surface area (Å²) < 4.78 is 45.1. The highest BCUT2D eigenvalue weighted by Gasteiger charge is 2.18. The van der Waals surface area contributed by atoms with Crippen LogP contribution < -0.4 is 14.8 Å². The number of hydrogen-bond donors (Lipinski definition) is 2. The van der Waals surface area contributed by atoms with Crippen LogP contribution in [-0.2, 0) is 14.8 Å². The third kappa shape index (κ3) is 4.94. The molecule has 0 saturated heterocycles. The quantitative estimate of drug-likeness (QED) is 0.747. The van der Waals surface area contributed by atoms with Crippen molar-refractivity contribution in [3.05, 3.63) is 52.8 Å². The highest BCUT2D eigenvalue weighted by molar-refractivity contribution is 7.89. The number of amides is 1. The second-order valence-electron chi connectivity index (χ2n) is 5.43. The molecule has 0 aromatic heterocycles. The van der Waals surface area contributed by atoms with E-state index in [1.165, 1.54) is 19.2 Å². The van der Waals surface area contributed by atoms with Crippen LogP contribution in [-0.4, -0.2) is 28.0 Å². The van der Waals surface area contributed by atoms with E-state index in [1.54, 1.807) is 19.1 Å². The molecule has 2 rings (SSSR count). The average Bonchev–Trinajstić information content (AvgIpc) is 2.58. The Kier molecular flexibility index (Phi) is 6.57. The summed E-state index contributed by atoms with van der Waals surface area (Å²) in [5.41, 5.74) is 1.18. The van der Waals surface area contributed by atoms with Crippen LogP contribution in [0.4, 0.5) is 10.1 Å². The van der Waals surface area contributed by atoms with Crippen molar-refractivity contribution in [3.63, 3.8) is 0 Å². The van der Waals surface area contributed by atoms with E-state index in [0.717, 1.165) is 17.7 Å². The van der Waals surface area contributed by atoms with Crippen molar-refractivity contribution in [3.8, 4) is 5.75 Å². The van der Waals surface area contributed by atoms with Crippen molar-refractivity contribution < 1.29 is 22.3 Å². The van der Waals surface area contributed by atoms with Gasteiger partial charge < -0.3 is 10.1 Å². The Morgan fingerprint density at radius 1 is 1.27 bits per heavy atom. The van der Waals surface area contributed by atoms with Crippen LogP contribution in [0.3, 0.4) is 0 Å². The number of hydrogen-bond acceptors (Lipinski definition) is 4. The second-order valence-corrected chi connectivity index (χ2v) is 7.57. The highest BCUT2D eigenvalue weighted by atomic mass is 35.5. The zero-order valence-corrected chi connectivity index (χ0v) is 15.7. The summed E-state index contributed by atoms with van der Waals surface area (Å²) in [6, 6.07) is 8.24. The molecule has 6 nitrogen and oxygen atoms in total. The SMILES string of the molecule is COc1cc(Cl)c(C)cc1NC(=O)CCNS(=O)(=O)c1ccccc1F. The largest absolute Gasteiger partial charge is 0.495 e. The fraction of sp³-hybridized carbons (Fsp3) is 0.235. The predicted octanol–water partition coefficient (Wildman–Crippen LogP) is 3.10. The van der Waals surface area contributed by atoms with Gasteiger partial charge in [-0.15, -0.1) is 0 Å². The number of halogens is 2. The second kappa shape index (κ2) is 8.48. The Morgan fingerprint density at radius 2 is 1.96 bits per heavy atom. The highest BCUT2D eigenvalue weighted by Crippen LogP contribution is 2.30. The average molecular weight is 401 g/mol. The van der Waals surface area contributed by atoms with Crippen molar-refractivity contribution in [2.24, 2.45) is 0 Å². The van der Waals surface area contributed by atoms with E-state index >= 15 is 0 Å². The molecular formula is C17H18ClFN2O4S. The molecule has 0 aliphatic carbocycles. The molecule has 0 aliphatic heterocycles. The lowest BCUT2D eigenvalue weighted by molar-refractivity contribution is -0.116. The molecule has 0 spiro atoms. The lowest BCUT2D eigenvalue weighted by atomic mass is 10.2. The van der Waals surface area contributed by atoms with E-state index in [4.69, 9.17) is 16.3 Å². The fourth-order valence-electron chi connectivity index (χ4n) is 2.18. The van der Waals surface area contributed by atoms with Gasteiger partial charge in [-0.3, -0.25) is 4.79 Å². The monoisotopic (exact) mass is 400 g/mol. The number of ether oxygens (including phenoxy) is 1. The molecule has 2 aromatic rings. The maximum absolute atomic E-state index is 13.6. The van der Waals surface area contributed by atoms with Crippen molar-refractivity contribution in [2.75, 3.05) is 19.0 Å². The number of nitrogens with one attached hydrogen (secondary N) is 2. The number of carbonyl (C=O) groups excluding carboxylic acids is 1.